The lowest BCUT2D eigenvalue weighted by atomic mass is 10.1. The van der Waals surface area contributed by atoms with Crippen molar-refractivity contribution in [2.75, 3.05) is 26.2 Å². The number of hydrogen-bond donors (Lipinski definition) is 0. The largest absolute Gasteiger partial charge is 0.490 e. The number of furan rings is 1. The summed E-state index contributed by atoms with van der Waals surface area (Å²) in [6.45, 7) is 13.8. The molecule has 0 N–H and O–H groups in total. The molecule has 2 aliphatic heterocycles. The lowest BCUT2D eigenvalue weighted by Gasteiger charge is -2.34. The number of aryl methyl sites for hydroxylation is 1. The topological polar surface area (TPSA) is 55.2 Å². The lowest BCUT2D eigenvalue weighted by Crippen LogP contribution is -2.48. The minimum atomic E-state index is -0.0746. The number of amides is 1. The van der Waals surface area contributed by atoms with Crippen LogP contribution in [0.1, 0.15) is 56.7 Å². The Balaban J connectivity index is 1.48. The monoisotopic (exact) mass is 414 g/mol. The second-order valence-electron chi connectivity index (χ2n) is 9.18. The van der Waals surface area contributed by atoms with Crippen LogP contribution in [0.15, 0.2) is 22.6 Å². The maximum Gasteiger partial charge on any atom is 0.289 e. The van der Waals surface area contributed by atoms with E-state index in [0.717, 1.165) is 48.2 Å². The molecule has 0 saturated carbocycles. The second-order valence-corrected chi connectivity index (χ2v) is 9.18. The van der Waals surface area contributed by atoms with Crippen LogP contribution in [0, 0.1) is 6.92 Å². The quantitative estimate of drug-likeness (QED) is 0.749. The van der Waals surface area contributed by atoms with Gasteiger partial charge in [0, 0.05) is 37.6 Å². The van der Waals surface area contributed by atoms with Crippen molar-refractivity contribution < 1.29 is 18.7 Å². The minimum absolute atomic E-state index is 0.0337. The van der Waals surface area contributed by atoms with Crippen LogP contribution in [0.3, 0.4) is 0 Å². The summed E-state index contributed by atoms with van der Waals surface area (Å²) in [6.07, 6.45) is 2.38. The van der Waals surface area contributed by atoms with E-state index in [1.807, 2.05) is 43.9 Å². The third-order valence-corrected chi connectivity index (χ3v) is 6.23. The number of carbonyl (C=O) groups is 1. The molecule has 2 fully saturated rings. The molecule has 2 atom stereocenters. The molecule has 0 bridgehead atoms. The molecule has 6 nitrogen and oxygen atoms in total. The summed E-state index contributed by atoms with van der Waals surface area (Å²) < 4.78 is 18.0. The molecule has 0 radical (unpaired) electrons. The number of morpholine rings is 1. The molecule has 2 aromatic rings. The van der Waals surface area contributed by atoms with E-state index in [1.54, 1.807) is 0 Å². The van der Waals surface area contributed by atoms with Gasteiger partial charge in [-0.3, -0.25) is 4.79 Å². The first-order chi connectivity index (χ1) is 14.3. The molecule has 4 rings (SSSR count). The molecule has 164 valence electrons. The van der Waals surface area contributed by atoms with Gasteiger partial charge < -0.3 is 23.7 Å². The van der Waals surface area contributed by atoms with Crippen molar-refractivity contribution in [2.45, 2.75) is 71.8 Å². The molecule has 2 aliphatic rings. The summed E-state index contributed by atoms with van der Waals surface area (Å²) in [5, 5.41) is 0.910. The number of hydrogen-bond acceptors (Lipinski definition) is 5. The van der Waals surface area contributed by atoms with Gasteiger partial charge in [-0.15, -0.1) is 0 Å². The zero-order valence-electron chi connectivity index (χ0n) is 18.8. The van der Waals surface area contributed by atoms with Gasteiger partial charge in [-0.05, 0) is 71.2 Å². The smallest absolute Gasteiger partial charge is 0.289 e. The molecule has 3 heterocycles. The molecule has 30 heavy (non-hydrogen) atoms. The summed E-state index contributed by atoms with van der Waals surface area (Å²) >= 11 is 0. The Labute approximate surface area is 179 Å². The Morgan fingerprint density at radius 2 is 1.77 bits per heavy atom. The number of piperidine rings is 1. The van der Waals surface area contributed by atoms with Gasteiger partial charge in [0.15, 0.2) is 5.76 Å². The fraction of sp³-hybridized carbons (Fsp3) is 0.625. The van der Waals surface area contributed by atoms with Crippen LogP contribution in [0.25, 0.3) is 11.0 Å². The maximum absolute atomic E-state index is 13.0. The van der Waals surface area contributed by atoms with E-state index < -0.39 is 0 Å². The maximum atomic E-state index is 13.0. The average molecular weight is 415 g/mol. The van der Waals surface area contributed by atoms with Crippen LogP contribution in [-0.4, -0.2) is 66.2 Å². The van der Waals surface area contributed by atoms with Crippen LogP contribution < -0.4 is 4.74 Å². The highest BCUT2D eigenvalue weighted by Crippen LogP contribution is 2.31. The number of nitrogens with zero attached hydrogens (tertiary/aromatic N) is 2. The fourth-order valence-electron chi connectivity index (χ4n) is 4.59. The van der Waals surface area contributed by atoms with Crippen molar-refractivity contribution in [3.63, 3.8) is 0 Å². The lowest BCUT2D eigenvalue weighted by molar-refractivity contribution is -0.0591. The summed E-state index contributed by atoms with van der Waals surface area (Å²) in [7, 11) is 0. The van der Waals surface area contributed by atoms with Gasteiger partial charge in [0.25, 0.3) is 5.91 Å². The zero-order valence-corrected chi connectivity index (χ0v) is 18.8. The van der Waals surface area contributed by atoms with Gasteiger partial charge >= 0.3 is 0 Å². The van der Waals surface area contributed by atoms with Crippen LogP contribution in [-0.2, 0) is 4.74 Å². The van der Waals surface area contributed by atoms with E-state index in [-0.39, 0.29) is 24.2 Å². The highest BCUT2D eigenvalue weighted by molar-refractivity contribution is 5.96. The predicted octanol–water partition coefficient (Wildman–Crippen LogP) is 4.24. The Kier molecular flexibility index (Phi) is 6.07. The number of ether oxygens (including phenoxy) is 2. The van der Waals surface area contributed by atoms with Gasteiger partial charge in [0.2, 0.25) is 0 Å². The summed E-state index contributed by atoms with van der Waals surface area (Å²) in [5.41, 5.74) is 1.77. The van der Waals surface area contributed by atoms with Gasteiger partial charge in [0.1, 0.15) is 17.4 Å². The van der Waals surface area contributed by atoms with Crippen LogP contribution >= 0.6 is 0 Å². The summed E-state index contributed by atoms with van der Waals surface area (Å²) in [4.78, 5) is 17.3. The normalized spacial score (nSPS) is 24.0. The van der Waals surface area contributed by atoms with Crippen molar-refractivity contribution in [3.05, 3.63) is 29.5 Å². The van der Waals surface area contributed by atoms with E-state index in [2.05, 4.69) is 18.7 Å². The summed E-state index contributed by atoms with van der Waals surface area (Å²) in [5.74, 6) is 1.20. The molecule has 2 unspecified atom stereocenters. The number of benzene rings is 1. The third kappa shape index (κ3) is 4.49. The first kappa shape index (κ1) is 21.2. The van der Waals surface area contributed by atoms with E-state index in [9.17, 15) is 4.79 Å². The molecule has 6 heteroatoms. The Hall–Kier alpha value is -2.05. The van der Waals surface area contributed by atoms with Crippen LogP contribution in [0.2, 0.25) is 0 Å². The van der Waals surface area contributed by atoms with Gasteiger partial charge in [-0.1, -0.05) is 0 Å². The number of rotatable bonds is 4. The third-order valence-electron chi connectivity index (χ3n) is 6.23. The van der Waals surface area contributed by atoms with E-state index >= 15 is 0 Å². The van der Waals surface area contributed by atoms with E-state index in [1.165, 1.54) is 0 Å². The first-order valence-electron chi connectivity index (χ1n) is 11.2. The average Bonchev–Trinajstić information content (AvgIpc) is 3.10. The van der Waals surface area contributed by atoms with Crippen molar-refractivity contribution in [1.82, 2.24) is 9.80 Å². The second kappa shape index (κ2) is 8.60. The minimum Gasteiger partial charge on any atom is -0.490 e. The van der Waals surface area contributed by atoms with Gasteiger partial charge in [-0.25, -0.2) is 0 Å². The molecule has 1 aromatic heterocycles. The van der Waals surface area contributed by atoms with E-state index in [0.29, 0.717) is 24.9 Å². The van der Waals surface area contributed by atoms with Crippen molar-refractivity contribution in [2.24, 2.45) is 0 Å². The zero-order chi connectivity index (χ0) is 21.4. The summed E-state index contributed by atoms with van der Waals surface area (Å²) in [6, 6.07) is 6.43. The number of fused-ring (bicyclic) bond motifs is 1. The first-order valence-corrected chi connectivity index (χ1v) is 11.2. The Morgan fingerprint density at radius 1 is 1.10 bits per heavy atom. The molecule has 1 aromatic carbocycles. The molecule has 0 aliphatic carbocycles. The number of likely N-dealkylation sites (tertiary alicyclic amines) is 1. The van der Waals surface area contributed by atoms with Gasteiger partial charge in [-0.2, -0.15) is 0 Å². The fourth-order valence-corrected chi connectivity index (χ4v) is 4.59. The molecule has 1 amide bonds. The van der Waals surface area contributed by atoms with Crippen molar-refractivity contribution in [3.8, 4) is 5.75 Å². The van der Waals surface area contributed by atoms with Crippen molar-refractivity contribution >= 4 is 16.9 Å². The highest BCUT2D eigenvalue weighted by atomic mass is 16.5. The molecule has 2 saturated heterocycles. The molecular weight excluding hydrogens is 380 g/mol. The Bertz CT molecular complexity index is 888. The Morgan fingerprint density at radius 3 is 2.40 bits per heavy atom. The predicted molar refractivity (Wildman–Crippen MR) is 117 cm³/mol. The van der Waals surface area contributed by atoms with Gasteiger partial charge in [0.05, 0.1) is 12.2 Å². The SMILES string of the molecule is Cc1cc2oc(C(=O)N3CC(C)OC(C)C3)cc2cc1OC1CCN(C(C)C)CC1. The highest BCUT2D eigenvalue weighted by Gasteiger charge is 2.29. The van der Waals surface area contributed by atoms with E-state index in [4.69, 9.17) is 13.9 Å². The molecular formula is C24H34N2O4. The standard InChI is InChI=1S/C24H34N2O4/c1-15(2)25-8-6-20(7-9-25)29-21-11-19-12-23(30-22(19)10-16(21)3)24(27)26-13-17(4)28-18(5)14-26/h10-12,15,17-18,20H,6-9,13-14H2,1-5H3. The molecule has 0 spiro atoms. The van der Waals surface area contributed by atoms with Crippen LogP contribution in [0.4, 0.5) is 0 Å². The van der Waals surface area contributed by atoms with Crippen LogP contribution in [0.5, 0.6) is 5.75 Å². The number of carbonyl (C=O) groups excluding carboxylic acids is 1. The van der Waals surface area contributed by atoms with Crippen molar-refractivity contribution in [1.29, 1.82) is 0 Å².